The Bertz CT molecular complexity index is 413. The molecular weight excluding hydrogens is 271 g/mol. The summed E-state index contributed by atoms with van der Waals surface area (Å²) < 4.78 is 42.6. The summed E-state index contributed by atoms with van der Waals surface area (Å²) >= 11 is 0. The van der Waals surface area contributed by atoms with Gasteiger partial charge in [0.2, 0.25) is 0 Å². The molecule has 112 valence electrons. The number of hydrogen-bond acceptors (Lipinski definition) is 3. The van der Waals surface area contributed by atoms with Gasteiger partial charge in [-0.2, -0.15) is 13.2 Å². The first-order valence-electron chi connectivity index (χ1n) is 6.63. The van der Waals surface area contributed by atoms with Crippen LogP contribution < -0.4 is 5.32 Å². The molecule has 0 aliphatic carbocycles. The van der Waals surface area contributed by atoms with Gasteiger partial charge in [0.05, 0.1) is 18.3 Å². The van der Waals surface area contributed by atoms with Crippen LogP contribution >= 0.6 is 0 Å². The molecule has 2 atom stereocenters. The molecule has 0 radical (unpaired) electrons. The molecule has 0 spiro atoms. The highest BCUT2D eigenvalue weighted by molar-refractivity contribution is 5.26. The minimum absolute atomic E-state index is 0.202. The Balaban J connectivity index is 1.87. The van der Waals surface area contributed by atoms with Crippen molar-refractivity contribution in [3.63, 3.8) is 0 Å². The van der Waals surface area contributed by atoms with E-state index in [9.17, 15) is 18.3 Å². The minimum atomic E-state index is -4.35. The van der Waals surface area contributed by atoms with E-state index in [1.807, 2.05) is 0 Å². The molecule has 1 aliphatic rings. The van der Waals surface area contributed by atoms with Gasteiger partial charge >= 0.3 is 6.18 Å². The van der Waals surface area contributed by atoms with Crippen molar-refractivity contribution in [3.05, 3.63) is 35.4 Å². The van der Waals surface area contributed by atoms with E-state index < -0.39 is 17.8 Å². The van der Waals surface area contributed by atoms with Gasteiger partial charge in [-0.05, 0) is 30.5 Å². The van der Waals surface area contributed by atoms with Crippen LogP contribution in [0.1, 0.15) is 30.1 Å². The van der Waals surface area contributed by atoms with Crippen LogP contribution in [0.3, 0.4) is 0 Å². The Morgan fingerprint density at radius 3 is 2.55 bits per heavy atom. The summed E-state index contributed by atoms with van der Waals surface area (Å²) in [5.74, 6) is 0. The molecule has 6 heteroatoms. The summed E-state index contributed by atoms with van der Waals surface area (Å²) in [6.45, 7) is 1.68. The molecule has 2 unspecified atom stereocenters. The lowest BCUT2D eigenvalue weighted by atomic mass is 10.1. The summed E-state index contributed by atoms with van der Waals surface area (Å²) in [6.07, 6.45) is -3.20. The van der Waals surface area contributed by atoms with E-state index in [0.717, 1.165) is 31.6 Å². The van der Waals surface area contributed by atoms with E-state index in [1.165, 1.54) is 12.1 Å². The second-order valence-corrected chi connectivity index (χ2v) is 4.96. The Labute approximate surface area is 115 Å². The molecule has 1 fully saturated rings. The van der Waals surface area contributed by atoms with Crippen LogP contribution in [0.15, 0.2) is 24.3 Å². The average molecular weight is 289 g/mol. The summed E-state index contributed by atoms with van der Waals surface area (Å²) in [5, 5.41) is 13.1. The zero-order chi connectivity index (χ0) is 14.6. The van der Waals surface area contributed by atoms with Crippen LogP contribution in [-0.4, -0.2) is 30.9 Å². The highest BCUT2D eigenvalue weighted by Crippen LogP contribution is 2.29. The summed E-state index contributed by atoms with van der Waals surface area (Å²) in [4.78, 5) is 0. The van der Waals surface area contributed by atoms with Gasteiger partial charge in [-0.3, -0.25) is 0 Å². The fourth-order valence-corrected chi connectivity index (χ4v) is 2.19. The molecule has 1 aliphatic heterocycles. The van der Waals surface area contributed by atoms with Gasteiger partial charge in [-0.25, -0.2) is 0 Å². The number of ether oxygens (including phenoxy) is 1. The molecular formula is C14H18F3NO2. The molecule has 1 aromatic rings. The average Bonchev–Trinajstić information content (AvgIpc) is 2.45. The molecule has 2 rings (SSSR count). The monoisotopic (exact) mass is 289 g/mol. The molecule has 1 saturated heterocycles. The number of rotatable bonds is 4. The van der Waals surface area contributed by atoms with Crippen LogP contribution in [0, 0.1) is 0 Å². The number of halogens is 3. The second-order valence-electron chi connectivity index (χ2n) is 4.96. The fraction of sp³-hybridized carbons (Fsp3) is 0.571. The lowest BCUT2D eigenvalue weighted by molar-refractivity contribution is -0.137. The van der Waals surface area contributed by atoms with Crippen molar-refractivity contribution >= 4 is 0 Å². The topological polar surface area (TPSA) is 41.5 Å². The normalized spacial score (nSPS) is 21.7. The van der Waals surface area contributed by atoms with E-state index in [2.05, 4.69) is 5.32 Å². The maximum atomic E-state index is 12.4. The van der Waals surface area contributed by atoms with Gasteiger partial charge in [-0.1, -0.05) is 12.1 Å². The highest BCUT2D eigenvalue weighted by Gasteiger charge is 2.30. The van der Waals surface area contributed by atoms with E-state index >= 15 is 0 Å². The number of nitrogens with one attached hydrogen (secondary N) is 1. The first-order valence-corrected chi connectivity index (χ1v) is 6.63. The molecule has 20 heavy (non-hydrogen) atoms. The van der Waals surface area contributed by atoms with Gasteiger partial charge < -0.3 is 15.2 Å². The molecule has 0 bridgehead atoms. The first kappa shape index (κ1) is 15.3. The molecule has 3 nitrogen and oxygen atoms in total. The molecule has 0 saturated carbocycles. The lowest BCUT2D eigenvalue weighted by Gasteiger charge is -2.24. The Morgan fingerprint density at radius 1 is 1.30 bits per heavy atom. The highest BCUT2D eigenvalue weighted by atomic mass is 19.4. The van der Waals surface area contributed by atoms with Gasteiger partial charge in [0, 0.05) is 19.2 Å². The zero-order valence-electron chi connectivity index (χ0n) is 11.0. The summed E-state index contributed by atoms with van der Waals surface area (Å²) in [5.41, 5.74) is -0.232. The first-order chi connectivity index (χ1) is 9.47. The third-order valence-electron chi connectivity index (χ3n) is 3.38. The van der Waals surface area contributed by atoms with E-state index in [0.29, 0.717) is 18.7 Å². The van der Waals surface area contributed by atoms with Crippen LogP contribution in [0.5, 0.6) is 0 Å². The van der Waals surface area contributed by atoms with Crippen molar-refractivity contribution in [3.8, 4) is 0 Å². The Kier molecular flexibility index (Phi) is 5.01. The predicted octanol–water partition coefficient (Wildman–Crippen LogP) is 2.51. The zero-order valence-corrected chi connectivity index (χ0v) is 11.0. The maximum Gasteiger partial charge on any atom is 0.416 e. The van der Waals surface area contributed by atoms with Crippen LogP contribution in [0.25, 0.3) is 0 Å². The van der Waals surface area contributed by atoms with Gasteiger partial charge in [-0.15, -0.1) is 0 Å². The van der Waals surface area contributed by atoms with Crippen LogP contribution in [0.4, 0.5) is 13.2 Å². The van der Waals surface area contributed by atoms with Crippen molar-refractivity contribution in [2.75, 3.05) is 19.8 Å². The third kappa shape index (κ3) is 4.19. The molecule has 0 amide bonds. The molecule has 1 heterocycles. The SMILES string of the molecule is OC(CNC1CCCOC1)c1ccc(C(F)(F)F)cc1. The Hall–Kier alpha value is -1.11. The van der Waals surface area contributed by atoms with Crippen LogP contribution in [-0.2, 0) is 10.9 Å². The number of aliphatic hydroxyl groups excluding tert-OH is 1. The minimum Gasteiger partial charge on any atom is -0.387 e. The van der Waals surface area contributed by atoms with E-state index in [4.69, 9.17) is 4.74 Å². The van der Waals surface area contributed by atoms with Crippen molar-refractivity contribution in [2.24, 2.45) is 0 Å². The maximum absolute atomic E-state index is 12.4. The summed E-state index contributed by atoms with van der Waals surface area (Å²) in [6, 6.07) is 4.80. The Morgan fingerprint density at radius 2 is 2.00 bits per heavy atom. The predicted molar refractivity (Wildman–Crippen MR) is 68.2 cm³/mol. The number of alkyl halides is 3. The number of benzene rings is 1. The number of hydrogen-bond donors (Lipinski definition) is 2. The number of aliphatic hydroxyl groups is 1. The van der Waals surface area contributed by atoms with Gasteiger partial charge in [0.1, 0.15) is 0 Å². The van der Waals surface area contributed by atoms with E-state index in [1.54, 1.807) is 0 Å². The fourth-order valence-electron chi connectivity index (χ4n) is 2.19. The van der Waals surface area contributed by atoms with Crippen molar-refractivity contribution in [2.45, 2.75) is 31.2 Å². The van der Waals surface area contributed by atoms with Gasteiger partial charge in [0.15, 0.2) is 0 Å². The second kappa shape index (κ2) is 6.56. The molecule has 2 N–H and O–H groups in total. The largest absolute Gasteiger partial charge is 0.416 e. The van der Waals surface area contributed by atoms with Crippen molar-refractivity contribution in [1.29, 1.82) is 0 Å². The molecule has 1 aromatic carbocycles. The summed E-state index contributed by atoms with van der Waals surface area (Å²) in [7, 11) is 0. The lowest BCUT2D eigenvalue weighted by Crippen LogP contribution is -2.38. The standard InChI is InChI=1S/C14H18F3NO2/c15-14(16,17)11-5-3-10(4-6-11)13(19)8-18-12-2-1-7-20-9-12/h3-6,12-13,18-19H,1-2,7-9H2. The van der Waals surface area contributed by atoms with E-state index in [-0.39, 0.29) is 6.04 Å². The van der Waals surface area contributed by atoms with Crippen molar-refractivity contribution in [1.82, 2.24) is 5.32 Å². The van der Waals surface area contributed by atoms with Gasteiger partial charge in [0.25, 0.3) is 0 Å². The third-order valence-corrected chi connectivity index (χ3v) is 3.38. The van der Waals surface area contributed by atoms with Crippen LogP contribution in [0.2, 0.25) is 0 Å². The molecule has 0 aromatic heterocycles. The quantitative estimate of drug-likeness (QED) is 0.895. The smallest absolute Gasteiger partial charge is 0.387 e. The van der Waals surface area contributed by atoms with Crippen molar-refractivity contribution < 1.29 is 23.0 Å².